The predicted octanol–water partition coefficient (Wildman–Crippen LogP) is 4.11. The van der Waals surface area contributed by atoms with Gasteiger partial charge in [-0.25, -0.2) is 0 Å². The number of rotatable bonds is 8. The van der Waals surface area contributed by atoms with Crippen LogP contribution in [-0.4, -0.2) is 48.3 Å². The van der Waals surface area contributed by atoms with Crippen LogP contribution in [0, 0.1) is 5.92 Å². The van der Waals surface area contributed by atoms with Gasteiger partial charge in [-0.2, -0.15) is 4.98 Å². The van der Waals surface area contributed by atoms with Crippen molar-refractivity contribution in [2.24, 2.45) is 5.92 Å². The molecule has 0 unspecified atom stereocenters. The lowest BCUT2D eigenvalue weighted by Gasteiger charge is -2.31. The summed E-state index contributed by atoms with van der Waals surface area (Å²) in [6.07, 6.45) is 3.72. The molecule has 152 valence electrons. The fourth-order valence-electron chi connectivity index (χ4n) is 3.84. The molecule has 1 aromatic heterocycles. The standard InChI is InChI=1S/C23H28N4O2/c1-28-21-9-7-20(8-10-21)22-25-23(29-26-22)24-13-16-27-14-11-19(12-15-27)17-18-5-3-2-4-6-18/h2-10,19H,11-17H2,1H3,(H,24,25,26). The average molecular weight is 393 g/mol. The van der Waals surface area contributed by atoms with Crippen molar-refractivity contribution in [3.05, 3.63) is 60.2 Å². The van der Waals surface area contributed by atoms with Gasteiger partial charge in [-0.1, -0.05) is 35.5 Å². The minimum absolute atomic E-state index is 0.467. The van der Waals surface area contributed by atoms with Gasteiger partial charge >= 0.3 is 6.01 Å². The largest absolute Gasteiger partial charge is 0.497 e. The van der Waals surface area contributed by atoms with Crippen LogP contribution in [0.2, 0.25) is 0 Å². The number of piperidine rings is 1. The van der Waals surface area contributed by atoms with Crippen molar-refractivity contribution in [1.29, 1.82) is 0 Å². The molecule has 0 aliphatic carbocycles. The third-order valence-corrected chi connectivity index (χ3v) is 5.55. The molecule has 6 heteroatoms. The maximum absolute atomic E-state index is 5.33. The number of nitrogens with zero attached hydrogens (tertiary/aromatic N) is 3. The molecule has 3 aromatic rings. The number of hydrogen-bond acceptors (Lipinski definition) is 6. The van der Waals surface area contributed by atoms with Crippen LogP contribution in [0.15, 0.2) is 59.1 Å². The fraction of sp³-hybridized carbons (Fsp3) is 0.391. The summed E-state index contributed by atoms with van der Waals surface area (Å²) >= 11 is 0. The first kappa shape index (κ1) is 19.5. The van der Waals surface area contributed by atoms with E-state index >= 15 is 0 Å². The zero-order valence-corrected chi connectivity index (χ0v) is 16.9. The Morgan fingerprint density at radius 1 is 1.07 bits per heavy atom. The van der Waals surface area contributed by atoms with E-state index in [0.717, 1.165) is 43.4 Å². The van der Waals surface area contributed by atoms with Crippen LogP contribution in [-0.2, 0) is 6.42 Å². The van der Waals surface area contributed by atoms with E-state index in [0.29, 0.717) is 11.8 Å². The highest BCUT2D eigenvalue weighted by Gasteiger charge is 2.19. The van der Waals surface area contributed by atoms with Crippen molar-refractivity contribution < 1.29 is 9.26 Å². The zero-order chi connectivity index (χ0) is 19.9. The van der Waals surface area contributed by atoms with Gasteiger partial charge in [0.2, 0.25) is 5.82 Å². The Hall–Kier alpha value is -2.86. The van der Waals surface area contributed by atoms with Crippen LogP contribution < -0.4 is 10.1 Å². The molecule has 0 bridgehead atoms. The molecule has 1 aliphatic rings. The quantitative estimate of drug-likeness (QED) is 0.622. The van der Waals surface area contributed by atoms with E-state index in [-0.39, 0.29) is 0 Å². The zero-order valence-electron chi connectivity index (χ0n) is 16.9. The molecule has 4 rings (SSSR count). The third kappa shape index (κ3) is 5.35. The molecule has 1 saturated heterocycles. The second-order valence-corrected chi connectivity index (χ2v) is 7.55. The summed E-state index contributed by atoms with van der Waals surface area (Å²) < 4.78 is 10.5. The van der Waals surface area contributed by atoms with Crippen molar-refractivity contribution in [3.63, 3.8) is 0 Å². The molecule has 1 aliphatic heterocycles. The van der Waals surface area contributed by atoms with Gasteiger partial charge in [0.1, 0.15) is 5.75 Å². The van der Waals surface area contributed by atoms with Crippen molar-refractivity contribution in [3.8, 4) is 17.1 Å². The summed E-state index contributed by atoms with van der Waals surface area (Å²) in [4.78, 5) is 6.94. The molecule has 0 radical (unpaired) electrons. The number of ether oxygens (including phenoxy) is 1. The van der Waals surface area contributed by atoms with E-state index in [1.165, 1.54) is 24.8 Å². The van der Waals surface area contributed by atoms with Gasteiger partial charge in [0.05, 0.1) is 7.11 Å². The monoisotopic (exact) mass is 392 g/mol. The molecular weight excluding hydrogens is 364 g/mol. The summed E-state index contributed by atoms with van der Waals surface area (Å²) in [5.41, 5.74) is 2.36. The second-order valence-electron chi connectivity index (χ2n) is 7.55. The first-order chi connectivity index (χ1) is 14.3. The molecule has 0 atom stereocenters. The number of nitrogens with one attached hydrogen (secondary N) is 1. The average Bonchev–Trinajstić information content (AvgIpc) is 3.25. The van der Waals surface area contributed by atoms with E-state index in [9.17, 15) is 0 Å². The first-order valence-corrected chi connectivity index (χ1v) is 10.3. The van der Waals surface area contributed by atoms with Crippen LogP contribution in [0.4, 0.5) is 6.01 Å². The van der Waals surface area contributed by atoms with E-state index < -0.39 is 0 Å². The molecule has 0 amide bonds. The van der Waals surface area contributed by atoms with E-state index in [1.807, 2.05) is 24.3 Å². The van der Waals surface area contributed by atoms with Crippen molar-refractivity contribution in [2.45, 2.75) is 19.3 Å². The lowest BCUT2D eigenvalue weighted by atomic mass is 9.90. The molecular formula is C23H28N4O2. The lowest BCUT2D eigenvalue weighted by molar-refractivity contribution is 0.189. The smallest absolute Gasteiger partial charge is 0.321 e. The van der Waals surface area contributed by atoms with E-state index in [2.05, 4.69) is 50.7 Å². The highest BCUT2D eigenvalue weighted by Crippen LogP contribution is 2.22. The molecule has 2 aromatic carbocycles. The molecule has 1 N–H and O–H groups in total. The van der Waals surface area contributed by atoms with Crippen LogP contribution >= 0.6 is 0 Å². The highest BCUT2D eigenvalue weighted by molar-refractivity contribution is 5.56. The minimum atomic E-state index is 0.467. The maximum Gasteiger partial charge on any atom is 0.321 e. The van der Waals surface area contributed by atoms with Crippen LogP contribution in [0.1, 0.15) is 18.4 Å². The lowest BCUT2D eigenvalue weighted by Crippen LogP contribution is -2.37. The van der Waals surface area contributed by atoms with Gasteiger partial charge in [-0.15, -0.1) is 0 Å². The van der Waals surface area contributed by atoms with Gasteiger partial charge in [-0.05, 0) is 68.1 Å². The van der Waals surface area contributed by atoms with E-state index in [4.69, 9.17) is 9.26 Å². The molecule has 6 nitrogen and oxygen atoms in total. The first-order valence-electron chi connectivity index (χ1n) is 10.3. The normalized spacial score (nSPS) is 15.3. The summed E-state index contributed by atoms with van der Waals surface area (Å²) in [5, 5.41) is 7.30. The summed E-state index contributed by atoms with van der Waals surface area (Å²) in [7, 11) is 1.65. The number of aromatic nitrogens is 2. The Morgan fingerprint density at radius 2 is 1.83 bits per heavy atom. The Morgan fingerprint density at radius 3 is 2.55 bits per heavy atom. The Labute approximate surface area is 171 Å². The van der Waals surface area contributed by atoms with Crippen molar-refractivity contribution >= 4 is 6.01 Å². The molecule has 0 saturated carbocycles. The third-order valence-electron chi connectivity index (χ3n) is 5.55. The van der Waals surface area contributed by atoms with E-state index in [1.54, 1.807) is 7.11 Å². The van der Waals surface area contributed by atoms with Crippen molar-refractivity contribution in [2.75, 3.05) is 38.6 Å². The summed E-state index contributed by atoms with van der Waals surface area (Å²) in [6, 6.07) is 18.9. The number of benzene rings is 2. The molecule has 1 fully saturated rings. The van der Waals surface area contributed by atoms with Gasteiger partial charge in [0.15, 0.2) is 0 Å². The van der Waals surface area contributed by atoms with Gasteiger partial charge in [-0.3, -0.25) is 0 Å². The number of anilines is 1. The number of methoxy groups -OCH3 is 1. The second kappa shape index (κ2) is 9.56. The van der Waals surface area contributed by atoms with Gasteiger partial charge in [0, 0.05) is 18.7 Å². The summed E-state index contributed by atoms with van der Waals surface area (Å²) in [5.74, 6) is 2.18. The molecule has 29 heavy (non-hydrogen) atoms. The fourth-order valence-corrected chi connectivity index (χ4v) is 3.84. The molecule has 0 spiro atoms. The Kier molecular flexibility index (Phi) is 6.42. The number of hydrogen-bond donors (Lipinski definition) is 1. The topological polar surface area (TPSA) is 63.4 Å². The molecule has 2 heterocycles. The Bertz CT molecular complexity index is 871. The SMILES string of the molecule is COc1ccc(-c2noc(NCCN3CCC(Cc4ccccc4)CC3)n2)cc1. The number of likely N-dealkylation sites (tertiary alicyclic amines) is 1. The summed E-state index contributed by atoms with van der Waals surface area (Å²) in [6.45, 7) is 4.09. The van der Waals surface area contributed by atoms with Crippen LogP contribution in [0.25, 0.3) is 11.4 Å². The van der Waals surface area contributed by atoms with Crippen LogP contribution in [0.3, 0.4) is 0 Å². The predicted molar refractivity (Wildman–Crippen MR) is 114 cm³/mol. The van der Waals surface area contributed by atoms with Gasteiger partial charge < -0.3 is 19.5 Å². The Balaban J connectivity index is 1.19. The van der Waals surface area contributed by atoms with Gasteiger partial charge in [0.25, 0.3) is 0 Å². The van der Waals surface area contributed by atoms with Crippen LogP contribution in [0.5, 0.6) is 5.75 Å². The highest BCUT2D eigenvalue weighted by atomic mass is 16.5. The van der Waals surface area contributed by atoms with Crippen molar-refractivity contribution in [1.82, 2.24) is 15.0 Å². The maximum atomic E-state index is 5.33. The minimum Gasteiger partial charge on any atom is -0.497 e.